The van der Waals surface area contributed by atoms with Crippen molar-refractivity contribution in [3.63, 3.8) is 0 Å². The summed E-state index contributed by atoms with van der Waals surface area (Å²) in [5, 5.41) is 18.9. The SMILES string of the molecule is OB(O)c1cccc(-c2ccc(Cl)c(Br)c2)c1. The minimum absolute atomic E-state index is 0.466. The van der Waals surface area contributed by atoms with Crippen LogP contribution in [0.25, 0.3) is 11.1 Å². The molecule has 0 aliphatic carbocycles. The van der Waals surface area contributed by atoms with Crippen LogP contribution in [0.5, 0.6) is 0 Å². The molecule has 0 fully saturated rings. The normalized spacial score (nSPS) is 10.4. The standard InChI is InChI=1S/C12H9BBrClO2/c14-11-7-9(4-5-12(11)15)8-2-1-3-10(6-8)13(16)17/h1-7,16-17H. The van der Waals surface area contributed by atoms with Crippen LogP contribution in [0, 0.1) is 0 Å². The Kier molecular flexibility index (Phi) is 3.89. The summed E-state index contributed by atoms with van der Waals surface area (Å²) in [6.07, 6.45) is 0. The van der Waals surface area contributed by atoms with Crippen molar-refractivity contribution < 1.29 is 10.0 Å². The summed E-state index contributed by atoms with van der Waals surface area (Å²) in [4.78, 5) is 0. The molecule has 2 nitrogen and oxygen atoms in total. The van der Waals surface area contributed by atoms with Crippen LogP contribution in [-0.2, 0) is 0 Å². The highest BCUT2D eigenvalue weighted by Crippen LogP contribution is 2.28. The highest BCUT2D eigenvalue weighted by molar-refractivity contribution is 9.10. The van der Waals surface area contributed by atoms with Crippen molar-refractivity contribution in [2.75, 3.05) is 0 Å². The second-order valence-electron chi connectivity index (χ2n) is 3.63. The number of benzene rings is 2. The molecule has 0 aliphatic heterocycles. The molecule has 0 atom stereocenters. The number of rotatable bonds is 2. The van der Waals surface area contributed by atoms with Gasteiger partial charge >= 0.3 is 7.12 Å². The summed E-state index contributed by atoms with van der Waals surface area (Å²) in [5.74, 6) is 0. The lowest BCUT2D eigenvalue weighted by atomic mass is 9.79. The largest absolute Gasteiger partial charge is 0.488 e. The molecular formula is C12H9BBrClO2. The second-order valence-corrected chi connectivity index (χ2v) is 4.89. The number of halogens is 2. The van der Waals surface area contributed by atoms with Crippen LogP contribution < -0.4 is 5.46 Å². The first-order valence-electron chi connectivity index (χ1n) is 4.99. The van der Waals surface area contributed by atoms with Gasteiger partial charge in [0.1, 0.15) is 0 Å². The summed E-state index contributed by atoms with van der Waals surface area (Å²) >= 11 is 9.28. The van der Waals surface area contributed by atoms with E-state index in [1.165, 1.54) is 0 Å². The molecule has 0 saturated heterocycles. The van der Waals surface area contributed by atoms with Crippen LogP contribution in [0.1, 0.15) is 0 Å². The van der Waals surface area contributed by atoms with E-state index < -0.39 is 7.12 Å². The minimum atomic E-state index is -1.45. The van der Waals surface area contributed by atoms with Crippen LogP contribution in [0.15, 0.2) is 46.9 Å². The third-order valence-electron chi connectivity index (χ3n) is 2.44. The van der Waals surface area contributed by atoms with Gasteiger partial charge in [0.2, 0.25) is 0 Å². The van der Waals surface area contributed by atoms with Crippen molar-refractivity contribution in [2.24, 2.45) is 0 Å². The van der Waals surface area contributed by atoms with Gasteiger partial charge in [0, 0.05) is 4.47 Å². The predicted molar refractivity (Wildman–Crippen MR) is 74.4 cm³/mol. The van der Waals surface area contributed by atoms with Gasteiger partial charge in [0.15, 0.2) is 0 Å². The van der Waals surface area contributed by atoms with Gasteiger partial charge in [-0.05, 0) is 44.7 Å². The fraction of sp³-hybridized carbons (Fsp3) is 0. The average molecular weight is 311 g/mol. The Morgan fingerprint density at radius 1 is 1.00 bits per heavy atom. The molecule has 0 unspecified atom stereocenters. The predicted octanol–water partition coefficient (Wildman–Crippen LogP) is 2.45. The van der Waals surface area contributed by atoms with Crippen LogP contribution in [0.4, 0.5) is 0 Å². The van der Waals surface area contributed by atoms with E-state index in [0.29, 0.717) is 10.5 Å². The summed E-state index contributed by atoms with van der Waals surface area (Å²) in [6, 6.07) is 12.7. The molecule has 5 heteroatoms. The van der Waals surface area contributed by atoms with E-state index >= 15 is 0 Å². The molecule has 0 aliphatic rings. The van der Waals surface area contributed by atoms with E-state index in [-0.39, 0.29) is 0 Å². The minimum Gasteiger partial charge on any atom is -0.423 e. The van der Waals surface area contributed by atoms with Gasteiger partial charge in [-0.1, -0.05) is 41.9 Å². The maximum Gasteiger partial charge on any atom is 0.488 e. The Bertz CT molecular complexity index is 546. The Morgan fingerprint density at radius 2 is 1.71 bits per heavy atom. The molecule has 0 heterocycles. The molecular weight excluding hydrogens is 302 g/mol. The van der Waals surface area contributed by atoms with Crippen LogP contribution in [0.2, 0.25) is 5.02 Å². The maximum atomic E-state index is 9.12. The molecule has 17 heavy (non-hydrogen) atoms. The number of hydrogen-bond acceptors (Lipinski definition) is 2. The Hall–Kier alpha value is -0.805. The van der Waals surface area contributed by atoms with Gasteiger partial charge in [0.05, 0.1) is 5.02 Å². The third kappa shape index (κ3) is 2.90. The Labute approximate surface area is 113 Å². The monoisotopic (exact) mass is 310 g/mol. The summed E-state index contributed by atoms with van der Waals surface area (Å²) in [5.41, 5.74) is 2.34. The lowest BCUT2D eigenvalue weighted by Gasteiger charge is -2.06. The van der Waals surface area contributed by atoms with Gasteiger partial charge in [0.25, 0.3) is 0 Å². The lowest BCUT2D eigenvalue weighted by Crippen LogP contribution is -2.29. The van der Waals surface area contributed by atoms with Gasteiger partial charge in [-0.3, -0.25) is 0 Å². The van der Waals surface area contributed by atoms with E-state index in [2.05, 4.69) is 15.9 Å². The molecule has 2 N–H and O–H groups in total. The fourth-order valence-electron chi connectivity index (χ4n) is 1.55. The zero-order valence-electron chi connectivity index (χ0n) is 8.77. The van der Waals surface area contributed by atoms with Crippen molar-refractivity contribution in [2.45, 2.75) is 0 Å². The van der Waals surface area contributed by atoms with E-state index in [9.17, 15) is 0 Å². The highest BCUT2D eigenvalue weighted by Gasteiger charge is 2.11. The topological polar surface area (TPSA) is 40.5 Å². The summed E-state index contributed by atoms with van der Waals surface area (Å²) in [7, 11) is -1.45. The second kappa shape index (κ2) is 5.23. The van der Waals surface area contributed by atoms with Crippen LogP contribution in [0.3, 0.4) is 0 Å². The highest BCUT2D eigenvalue weighted by atomic mass is 79.9. The smallest absolute Gasteiger partial charge is 0.423 e. The molecule has 0 aromatic heterocycles. The molecule has 2 aromatic carbocycles. The summed E-state index contributed by atoms with van der Waals surface area (Å²) < 4.78 is 0.812. The van der Waals surface area contributed by atoms with E-state index in [1.807, 2.05) is 18.2 Å². The van der Waals surface area contributed by atoms with Gasteiger partial charge in [-0.2, -0.15) is 0 Å². The number of hydrogen-bond donors (Lipinski definition) is 2. The first kappa shape index (κ1) is 12.6. The van der Waals surface area contributed by atoms with E-state index in [1.54, 1.807) is 24.3 Å². The van der Waals surface area contributed by atoms with Gasteiger partial charge in [-0.25, -0.2) is 0 Å². The third-order valence-corrected chi connectivity index (χ3v) is 3.65. The van der Waals surface area contributed by atoms with Crippen LogP contribution >= 0.6 is 27.5 Å². The first-order valence-corrected chi connectivity index (χ1v) is 6.16. The Balaban J connectivity index is 2.45. The first-order chi connectivity index (χ1) is 8.08. The molecule has 0 bridgehead atoms. The average Bonchev–Trinajstić information content (AvgIpc) is 2.33. The van der Waals surface area contributed by atoms with E-state index in [0.717, 1.165) is 15.6 Å². The lowest BCUT2D eigenvalue weighted by molar-refractivity contribution is 0.426. The molecule has 2 aromatic rings. The Morgan fingerprint density at radius 3 is 2.35 bits per heavy atom. The van der Waals surface area contributed by atoms with Gasteiger partial charge < -0.3 is 10.0 Å². The van der Waals surface area contributed by atoms with Crippen molar-refractivity contribution in [3.8, 4) is 11.1 Å². The summed E-state index contributed by atoms with van der Waals surface area (Å²) in [6.45, 7) is 0. The zero-order chi connectivity index (χ0) is 12.4. The molecule has 2 rings (SSSR count). The quantitative estimate of drug-likeness (QED) is 0.837. The van der Waals surface area contributed by atoms with Crippen molar-refractivity contribution in [1.29, 1.82) is 0 Å². The van der Waals surface area contributed by atoms with Crippen molar-refractivity contribution >= 4 is 40.1 Å². The van der Waals surface area contributed by atoms with Crippen molar-refractivity contribution in [3.05, 3.63) is 52.0 Å². The molecule has 0 saturated carbocycles. The van der Waals surface area contributed by atoms with Gasteiger partial charge in [-0.15, -0.1) is 0 Å². The van der Waals surface area contributed by atoms with Crippen molar-refractivity contribution in [1.82, 2.24) is 0 Å². The zero-order valence-corrected chi connectivity index (χ0v) is 11.1. The molecule has 0 spiro atoms. The molecule has 0 amide bonds. The maximum absolute atomic E-state index is 9.12. The molecule has 86 valence electrons. The molecule has 0 radical (unpaired) electrons. The fourth-order valence-corrected chi connectivity index (χ4v) is 2.05. The van der Waals surface area contributed by atoms with E-state index in [4.69, 9.17) is 21.6 Å². The van der Waals surface area contributed by atoms with Crippen LogP contribution in [-0.4, -0.2) is 17.2 Å².